The van der Waals surface area contributed by atoms with Gasteiger partial charge in [-0.05, 0) is 54.4 Å². The van der Waals surface area contributed by atoms with Crippen molar-refractivity contribution in [3.05, 3.63) is 102 Å². The summed E-state index contributed by atoms with van der Waals surface area (Å²) in [6, 6.07) is 24.1. The topological polar surface area (TPSA) is 65.1 Å². The molecule has 9 heteroatoms. The van der Waals surface area contributed by atoms with Gasteiger partial charge in [-0.2, -0.15) is 13.2 Å². The van der Waals surface area contributed by atoms with Crippen LogP contribution in [0.25, 0.3) is 0 Å². The zero-order chi connectivity index (χ0) is 33.0. The fraction of sp³-hybridized carbons (Fsp3) is 0.459. The summed E-state index contributed by atoms with van der Waals surface area (Å²) in [5, 5.41) is 0. The van der Waals surface area contributed by atoms with E-state index in [4.69, 9.17) is 14.2 Å². The number of likely N-dealkylation sites (tertiary alicyclic amines) is 1. The second-order valence-electron chi connectivity index (χ2n) is 12.6. The molecule has 1 aliphatic carbocycles. The molecule has 1 saturated heterocycles. The average molecular weight is 638 g/mol. The molecule has 4 atom stereocenters. The van der Waals surface area contributed by atoms with E-state index in [1.807, 2.05) is 66.4 Å². The van der Waals surface area contributed by atoms with Crippen molar-refractivity contribution in [1.29, 1.82) is 0 Å². The van der Waals surface area contributed by atoms with E-state index in [0.717, 1.165) is 43.2 Å². The number of amides is 1. The van der Waals surface area contributed by atoms with Gasteiger partial charge in [-0.15, -0.1) is 0 Å². The normalized spacial score (nSPS) is 21.5. The lowest BCUT2D eigenvalue weighted by Crippen LogP contribution is -2.52. The molecule has 0 bridgehead atoms. The van der Waals surface area contributed by atoms with Crippen molar-refractivity contribution in [2.24, 2.45) is 17.3 Å². The molecule has 3 aromatic rings. The Morgan fingerprint density at radius 2 is 1.50 bits per heavy atom. The Labute approximate surface area is 268 Å². The Hall–Kier alpha value is -3.85. The molecule has 5 rings (SSSR count). The summed E-state index contributed by atoms with van der Waals surface area (Å²) in [7, 11) is 2.47. The Kier molecular flexibility index (Phi) is 10.1. The van der Waals surface area contributed by atoms with E-state index in [0.29, 0.717) is 25.8 Å². The van der Waals surface area contributed by atoms with Crippen molar-refractivity contribution in [2.75, 3.05) is 20.8 Å². The van der Waals surface area contributed by atoms with E-state index >= 15 is 0 Å². The zero-order valence-electron chi connectivity index (χ0n) is 26.6. The van der Waals surface area contributed by atoms with Crippen LogP contribution in [0.15, 0.2) is 84.9 Å². The second kappa shape index (κ2) is 13.9. The highest BCUT2D eigenvalue weighted by Gasteiger charge is 2.65. The van der Waals surface area contributed by atoms with Crippen LogP contribution in [0.5, 0.6) is 5.75 Å². The number of alkyl halides is 3. The largest absolute Gasteiger partial charge is 0.497 e. The van der Waals surface area contributed by atoms with Crippen LogP contribution >= 0.6 is 0 Å². The highest BCUT2D eigenvalue weighted by Crippen LogP contribution is 2.55. The Bertz CT molecular complexity index is 1460. The molecule has 0 N–H and O–H groups in total. The molecular weight excluding hydrogens is 595 g/mol. The first-order valence-electron chi connectivity index (χ1n) is 15.9. The molecule has 0 aromatic heterocycles. The van der Waals surface area contributed by atoms with E-state index < -0.39 is 29.1 Å². The minimum absolute atomic E-state index is 0.0675. The number of benzene rings is 3. The smallest absolute Gasteiger partial charge is 0.432 e. The number of esters is 1. The van der Waals surface area contributed by atoms with Crippen LogP contribution in [0.1, 0.15) is 55.7 Å². The van der Waals surface area contributed by atoms with Gasteiger partial charge in [0.2, 0.25) is 5.91 Å². The quantitative estimate of drug-likeness (QED) is 0.204. The molecule has 2 fully saturated rings. The number of nitrogens with zero attached hydrogens (tertiary/aromatic N) is 1. The maximum absolute atomic E-state index is 14.6. The van der Waals surface area contributed by atoms with E-state index in [1.165, 1.54) is 24.3 Å². The first kappa shape index (κ1) is 33.5. The number of methoxy groups -OCH3 is 2. The molecule has 1 amide bonds. The minimum Gasteiger partial charge on any atom is -0.497 e. The first-order valence-corrected chi connectivity index (χ1v) is 15.9. The third kappa shape index (κ3) is 6.26. The third-order valence-corrected chi connectivity index (χ3v) is 9.95. The maximum atomic E-state index is 14.6. The van der Waals surface area contributed by atoms with Crippen LogP contribution in [0.3, 0.4) is 0 Å². The molecule has 46 heavy (non-hydrogen) atoms. The highest BCUT2D eigenvalue weighted by molar-refractivity contribution is 5.86. The number of halogens is 3. The second-order valence-corrected chi connectivity index (χ2v) is 12.6. The molecule has 246 valence electrons. The number of carbonyl (C=O) groups excluding carboxylic acids is 2. The van der Waals surface area contributed by atoms with Gasteiger partial charge >= 0.3 is 12.1 Å². The Morgan fingerprint density at radius 1 is 0.891 bits per heavy atom. The lowest BCUT2D eigenvalue weighted by molar-refractivity contribution is -0.277. The van der Waals surface area contributed by atoms with Gasteiger partial charge in [0.1, 0.15) is 5.75 Å². The predicted octanol–water partition coefficient (Wildman–Crippen LogP) is 7.50. The molecule has 3 aromatic carbocycles. The standard InChI is InChI=1S/C37H42F3NO5/c1-26(25-46-34(43)36(45-3,37(38,39)40)29-15-9-5-10-16-29)32-31(23-27-13-7-4-8-14-27)41(24-28-17-19-30(44-2)20-18-28)33(42)35(32)21-11-6-12-22-35/h4-5,7-10,13-20,26,31-32H,6,11-12,21-25H2,1-3H3/t26-,31-,32-,36-/m0/s1. The van der Waals surface area contributed by atoms with E-state index in [2.05, 4.69) is 0 Å². The molecule has 0 unspecified atom stereocenters. The number of rotatable bonds is 11. The summed E-state index contributed by atoms with van der Waals surface area (Å²) in [6.45, 7) is 2.00. The van der Waals surface area contributed by atoms with Crippen molar-refractivity contribution in [2.45, 2.75) is 69.8 Å². The van der Waals surface area contributed by atoms with Crippen LogP contribution in [0.2, 0.25) is 0 Å². The van der Waals surface area contributed by atoms with E-state index in [-0.39, 0.29) is 30.0 Å². The van der Waals surface area contributed by atoms with Crippen LogP contribution in [-0.4, -0.2) is 49.8 Å². The van der Waals surface area contributed by atoms with Crippen molar-refractivity contribution < 1.29 is 37.0 Å². The number of carbonyl (C=O) groups is 2. The van der Waals surface area contributed by atoms with Crippen molar-refractivity contribution in [3.63, 3.8) is 0 Å². The molecule has 1 saturated carbocycles. The van der Waals surface area contributed by atoms with E-state index in [1.54, 1.807) is 13.2 Å². The lowest BCUT2D eigenvalue weighted by atomic mass is 9.61. The summed E-state index contributed by atoms with van der Waals surface area (Å²) in [5.74, 6) is -1.41. The maximum Gasteiger partial charge on any atom is 0.432 e. The molecule has 1 spiro atoms. The number of hydrogen-bond donors (Lipinski definition) is 0. The van der Waals surface area contributed by atoms with Crippen LogP contribution < -0.4 is 4.74 Å². The molecule has 1 aliphatic heterocycles. The van der Waals surface area contributed by atoms with Gasteiger partial charge in [0.05, 0.1) is 19.1 Å². The third-order valence-electron chi connectivity index (χ3n) is 9.95. The zero-order valence-corrected chi connectivity index (χ0v) is 26.6. The van der Waals surface area contributed by atoms with Gasteiger partial charge in [0.25, 0.3) is 5.60 Å². The van der Waals surface area contributed by atoms with Gasteiger partial charge in [0, 0.05) is 25.3 Å². The number of ether oxygens (including phenoxy) is 3. The molecule has 0 radical (unpaired) electrons. The van der Waals surface area contributed by atoms with Crippen LogP contribution in [-0.2, 0) is 37.6 Å². The summed E-state index contributed by atoms with van der Waals surface area (Å²) < 4.78 is 59.7. The summed E-state index contributed by atoms with van der Waals surface area (Å²) in [4.78, 5) is 30.0. The van der Waals surface area contributed by atoms with Crippen LogP contribution in [0.4, 0.5) is 13.2 Å². The Balaban J connectivity index is 1.49. The van der Waals surface area contributed by atoms with Gasteiger partial charge in [0.15, 0.2) is 0 Å². The number of hydrogen-bond acceptors (Lipinski definition) is 5. The predicted molar refractivity (Wildman–Crippen MR) is 168 cm³/mol. The summed E-state index contributed by atoms with van der Waals surface area (Å²) in [5.41, 5.74) is -2.31. The average Bonchev–Trinajstić information content (AvgIpc) is 3.27. The van der Waals surface area contributed by atoms with Crippen molar-refractivity contribution >= 4 is 11.9 Å². The first-order chi connectivity index (χ1) is 22.1. The van der Waals surface area contributed by atoms with Gasteiger partial charge in [-0.3, -0.25) is 4.79 Å². The summed E-state index contributed by atoms with van der Waals surface area (Å²) >= 11 is 0. The SMILES string of the molecule is COc1ccc(CN2C(=O)C3(CCCCC3)[C@@H]([C@@H](C)COC(=O)[C@@](OC)(c3ccccc3)C(F)(F)F)[C@@H]2Cc2ccccc2)cc1. The van der Waals surface area contributed by atoms with E-state index in [9.17, 15) is 22.8 Å². The van der Waals surface area contributed by atoms with Gasteiger partial charge < -0.3 is 19.1 Å². The summed E-state index contributed by atoms with van der Waals surface area (Å²) in [6.07, 6.45) is -0.325. The highest BCUT2D eigenvalue weighted by atomic mass is 19.4. The molecule has 6 nitrogen and oxygen atoms in total. The molecule has 1 heterocycles. The van der Waals surface area contributed by atoms with Crippen molar-refractivity contribution in [3.8, 4) is 5.75 Å². The minimum atomic E-state index is -5.07. The van der Waals surface area contributed by atoms with Crippen LogP contribution in [0, 0.1) is 17.3 Å². The monoisotopic (exact) mass is 637 g/mol. The van der Waals surface area contributed by atoms with Gasteiger partial charge in [-0.25, -0.2) is 4.79 Å². The fourth-order valence-corrected chi connectivity index (χ4v) is 7.80. The van der Waals surface area contributed by atoms with Crippen molar-refractivity contribution in [1.82, 2.24) is 4.90 Å². The fourth-order valence-electron chi connectivity index (χ4n) is 7.80. The lowest BCUT2D eigenvalue weighted by Gasteiger charge is -2.41. The molecular formula is C37H42F3NO5. The molecule has 2 aliphatic rings. The van der Waals surface area contributed by atoms with Gasteiger partial charge in [-0.1, -0.05) is 99.0 Å². The Morgan fingerprint density at radius 3 is 2.07 bits per heavy atom.